The van der Waals surface area contributed by atoms with E-state index in [1.165, 1.54) is 0 Å². The van der Waals surface area contributed by atoms with Gasteiger partial charge in [-0.15, -0.1) is 0 Å². The predicted molar refractivity (Wildman–Crippen MR) is 64.4 cm³/mol. The molecule has 2 rings (SSSR count). The van der Waals surface area contributed by atoms with E-state index >= 15 is 0 Å². The molecule has 0 saturated carbocycles. The Labute approximate surface area is 122 Å². The maximum atomic E-state index is 12.9. The third-order valence-electron chi connectivity index (χ3n) is 2.40. The van der Waals surface area contributed by atoms with Crippen molar-refractivity contribution in [2.24, 2.45) is 0 Å². The monoisotopic (exact) mass is 338 g/mol. The highest BCUT2D eigenvalue weighted by Crippen LogP contribution is 2.35. The Balaban J connectivity index is 2.61. The summed E-state index contributed by atoms with van der Waals surface area (Å²) in [5.41, 5.74) is -1.57. The molecule has 1 aromatic carbocycles. The van der Waals surface area contributed by atoms with Crippen LogP contribution in [0.5, 0.6) is 11.5 Å². The van der Waals surface area contributed by atoms with Crippen molar-refractivity contribution in [3.63, 3.8) is 0 Å². The second-order valence-corrected chi connectivity index (χ2v) is 3.83. The largest absolute Gasteiger partial charge is 0.427 e. The Morgan fingerprint density at radius 1 is 0.783 bits per heavy atom. The van der Waals surface area contributed by atoms with Crippen LogP contribution in [0.3, 0.4) is 0 Å². The summed E-state index contributed by atoms with van der Waals surface area (Å²) in [5.74, 6) is -1.20. The highest BCUT2D eigenvalue weighted by molar-refractivity contribution is 5.88. The molecule has 122 valence electrons. The first kappa shape index (κ1) is 16.5. The van der Waals surface area contributed by atoms with Crippen LogP contribution in [0.1, 0.15) is 0 Å². The van der Waals surface area contributed by atoms with Crippen molar-refractivity contribution in [3.05, 3.63) is 58.9 Å². The van der Waals surface area contributed by atoms with E-state index < -0.39 is 46.9 Å². The summed E-state index contributed by atoms with van der Waals surface area (Å²) in [6.45, 7) is 0. The first-order valence-electron chi connectivity index (χ1n) is 5.63. The number of hydrogen-bond donors (Lipinski definition) is 0. The minimum absolute atomic E-state index is 0.287. The molecule has 0 aliphatic heterocycles. The first-order valence-corrected chi connectivity index (χ1v) is 5.63. The third kappa shape index (κ3) is 3.65. The van der Waals surface area contributed by atoms with Crippen molar-refractivity contribution in [3.8, 4) is 11.5 Å². The van der Waals surface area contributed by atoms with Gasteiger partial charge in [-0.1, -0.05) is 0 Å². The van der Waals surface area contributed by atoms with Gasteiger partial charge in [-0.25, -0.2) is 4.79 Å². The zero-order valence-electron chi connectivity index (χ0n) is 10.7. The average Bonchev–Trinajstić information content (AvgIpc) is 2.49. The Hall–Kier alpha value is -2.91. The highest BCUT2D eigenvalue weighted by Gasteiger charge is 2.17. The van der Waals surface area contributed by atoms with E-state index in [4.69, 9.17) is 0 Å². The van der Waals surface area contributed by atoms with E-state index in [0.717, 1.165) is 24.3 Å². The summed E-state index contributed by atoms with van der Waals surface area (Å²) in [6.07, 6.45) is -5.52. The first-order chi connectivity index (χ1) is 10.8. The molecular weight excluding hydrogens is 334 g/mol. The predicted octanol–water partition coefficient (Wildman–Crippen LogP) is 4.62. The SMILES string of the molecule is O=c1ccc2c(OC(F)=C(F)F)ccc(OC(F)=C(F)F)c2o1. The molecule has 0 aliphatic rings. The third-order valence-corrected chi connectivity index (χ3v) is 2.40. The molecule has 1 aromatic heterocycles. The van der Waals surface area contributed by atoms with E-state index in [2.05, 4.69) is 13.9 Å². The molecule has 0 saturated heterocycles. The zero-order chi connectivity index (χ0) is 17.1. The lowest BCUT2D eigenvalue weighted by Crippen LogP contribution is -2.00. The molecule has 10 heteroatoms. The second-order valence-electron chi connectivity index (χ2n) is 3.83. The van der Waals surface area contributed by atoms with Crippen molar-refractivity contribution in [2.45, 2.75) is 0 Å². The maximum Gasteiger partial charge on any atom is 0.344 e. The maximum absolute atomic E-state index is 12.9. The zero-order valence-corrected chi connectivity index (χ0v) is 10.7. The molecule has 0 amide bonds. The summed E-state index contributed by atoms with van der Waals surface area (Å²) < 4.78 is 87.0. The lowest BCUT2D eigenvalue weighted by molar-refractivity contribution is 0.238. The molecule has 0 fully saturated rings. The smallest absolute Gasteiger partial charge is 0.344 e. The van der Waals surface area contributed by atoms with Crippen molar-refractivity contribution < 1.29 is 40.2 Å². The fourth-order valence-electron chi connectivity index (χ4n) is 1.55. The van der Waals surface area contributed by atoms with Gasteiger partial charge in [0.2, 0.25) is 0 Å². The summed E-state index contributed by atoms with van der Waals surface area (Å²) in [6, 6.07) is -1.07. The van der Waals surface area contributed by atoms with Crippen LogP contribution in [0.15, 0.2) is 57.7 Å². The number of halogens is 6. The molecule has 1 heterocycles. The summed E-state index contributed by atoms with van der Waals surface area (Å²) in [7, 11) is 0. The van der Waals surface area contributed by atoms with Gasteiger partial charge in [0, 0.05) is 6.07 Å². The van der Waals surface area contributed by atoms with Gasteiger partial charge in [-0.05, 0) is 18.2 Å². The Kier molecular flexibility index (Phi) is 4.63. The van der Waals surface area contributed by atoms with E-state index in [1.54, 1.807) is 0 Å². The molecule has 0 N–H and O–H groups in total. The van der Waals surface area contributed by atoms with E-state index in [9.17, 15) is 31.1 Å². The minimum Gasteiger partial charge on any atom is -0.427 e. The van der Waals surface area contributed by atoms with Crippen LogP contribution in [0.2, 0.25) is 0 Å². The fourth-order valence-corrected chi connectivity index (χ4v) is 1.55. The highest BCUT2D eigenvalue weighted by atomic mass is 19.3. The van der Waals surface area contributed by atoms with Crippen molar-refractivity contribution in [2.75, 3.05) is 0 Å². The van der Waals surface area contributed by atoms with Crippen LogP contribution in [-0.2, 0) is 0 Å². The van der Waals surface area contributed by atoms with Crippen LogP contribution in [-0.4, -0.2) is 0 Å². The summed E-state index contributed by atoms with van der Waals surface area (Å²) in [5, 5.41) is -0.287. The van der Waals surface area contributed by atoms with E-state index in [-0.39, 0.29) is 5.39 Å². The molecule has 0 spiro atoms. The van der Waals surface area contributed by atoms with Gasteiger partial charge in [-0.2, -0.15) is 26.3 Å². The van der Waals surface area contributed by atoms with Crippen molar-refractivity contribution in [1.29, 1.82) is 0 Å². The van der Waals surface area contributed by atoms with Gasteiger partial charge in [0.05, 0.1) is 5.39 Å². The second kappa shape index (κ2) is 6.46. The van der Waals surface area contributed by atoms with Crippen molar-refractivity contribution in [1.82, 2.24) is 0 Å². The van der Waals surface area contributed by atoms with Gasteiger partial charge in [0.25, 0.3) is 0 Å². The number of ether oxygens (including phenoxy) is 2. The van der Waals surface area contributed by atoms with Crippen LogP contribution in [0.4, 0.5) is 26.3 Å². The van der Waals surface area contributed by atoms with Gasteiger partial charge < -0.3 is 13.9 Å². The normalized spacial score (nSPS) is 10.3. The van der Waals surface area contributed by atoms with Crippen LogP contribution < -0.4 is 15.1 Å². The molecule has 4 nitrogen and oxygen atoms in total. The Morgan fingerprint density at radius 3 is 1.87 bits per heavy atom. The molecule has 0 aliphatic carbocycles. The average molecular weight is 338 g/mol. The molecular formula is C13H4F6O4. The number of fused-ring (bicyclic) bond motifs is 1. The number of rotatable bonds is 4. The van der Waals surface area contributed by atoms with Gasteiger partial charge in [0.15, 0.2) is 11.3 Å². The number of hydrogen-bond acceptors (Lipinski definition) is 4. The van der Waals surface area contributed by atoms with Crippen LogP contribution in [0.25, 0.3) is 11.0 Å². The summed E-state index contributed by atoms with van der Waals surface area (Å²) in [4.78, 5) is 11.2. The van der Waals surface area contributed by atoms with E-state index in [0.29, 0.717) is 0 Å². The molecule has 2 aromatic rings. The standard InChI is InChI=1S/C13H4F6O4/c14-10(15)12(18)21-6-2-3-7(22-13(19)11(16)17)9-5(6)1-4-8(20)23-9/h1-4H. The van der Waals surface area contributed by atoms with Crippen LogP contribution in [0, 0.1) is 0 Å². The van der Waals surface area contributed by atoms with Crippen molar-refractivity contribution >= 4 is 11.0 Å². The van der Waals surface area contributed by atoms with Gasteiger partial charge >= 0.3 is 29.8 Å². The number of benzene rings is 1. The Bertz CT molecular complexity index is 862. The quantitative estimate of drug-likeness (QED) is 0.464. The van der Waals surface area contributed by atoms with E-state index in [1.807, 2.05) is 0 Å². The summed E-state index contributed by atoms with van der Waals surface area (Å²) >= 11 is 0. The molecule has 23 heavy (non-hydrogen) atoms. The molecule has 0 atom stereocenters. The topological polar surface area (TPSA) is 48.7 Å². The van der Waals surface area contributed by atoms with Gasteiger partial charge in [0.1, 0.15) is 5.75 Å². The minimum atomic E-state index is -2.77. The lowest BCUT2D eigenvalue weighted by Gasteiger charge is -2.09. The molecule has 0 bridgehead atoms. The molecule has 0 unspecified atom stereocenters. The fraction of sp³-hybridized carbons (Fsp3) is 0. The lowest BCUT2D eigenvalue weighted by atomic mass is 10.2. The van der Waals surface area contributed by atoms with Gasteiger partial charge in [-0.3, -0.25) is 0 Å². The van der Waals surface area contributed by atoms with Crippen LogP contribution >= 0.6 is 0 Å². The Morgan fingerprint density at radius 2 is 1.30 bits per heavy atom. The molecule has 0 radical (unpaired) electrons.